The van der Waals surface area contributed by atoms with Crippen molar-refractivity contribution in [1.82, 2.24) is 5.32 Å². The number of hydrogen-bond acceptors (Lipinski definition) is 4. The van der Waals surface area contributed by atoms with Crippen LogP contribution in [0.2, 0.25) is 5.02 Å². The van der Waals surface area contributed by atoms with E-state index in [-0.39, 0.29) is 12.0 Å². The van der Waals surface area contributed by atoms with Crippen LogP contribution in [0.1, 0.15) is 26.3 Å². The Kier molecular flexibility index (Phi) is 7.16. The van der Waals surface area contributed by atoms with Gasteiger partial charge < -0.3 is 19.5 Å². The van der Waals surface area contributed by atoms with Crippen LogP contribution in [-0.2, 0) is 11.3 Å². The molecule has 2 rings (SSSR count). The maximum atomic E-state index is 12.2. The Bertz CT molecular complexity index is 731. The van der Waals surface area contributed by atoms with Gasteiger partial charge in [-0.25, -0.2) is 0 Å². The van der Waals surface area contributed by atoms with Crippen LogP contribution in [-0.4, -0.2) is 25.2 Å². The quantitative estimate of drug-likeness (QED) is 0.748. The van der Waals surface area contributed by atoms with E-state index in [4.69, 9.17) is 25.8 Å². The molecule has 1 N–H and O–H groups in total. The van der Waals surface area contributed by atoms with Crippen molar-refractivity contribution in [3.8, 4) is 17.2 Å². The molecule has 0 heterocycles. The molecular weight excluding hydrogens is 354 g/mol. The van der Waals surface area contributed by atoms with Gasteiger partial charge in [0.2, 0.25) is 0 Å². The van der Waals surface area contributed by atoms with Gasteiger partial charge in [0.1, 0.15) is 5.75 Å². The molecule has 1 unspecified atom stereocenters. The maximum Gasteiger partial charge on any atom is 0.261 e. The molecule has 1 atom stereocenters. The van der Waals surface area contributed by atoms with E-state index in [0.29, 0.717) is 28.8 Å². The molecule has 0 aliphatic carbocycles. The van der Waals surface area contributed by atoms with Crippen LogP contribution in [0.15, 0.2) is 42.5 Å². The summed E-state index contributed by atoms with van der Waals surface area (Å²) in [7, 11) is 1.59. The van der Waals surface area contributed by atoms with Gasteiger partial charge in [0.15, 0.2) is 17.6 Å². The molecule has 0 saturated heterocycles. The van der Waals surface area contributed by atoms with E-state index in [1.54, 1.807) is 38.3 Å². The van der Waals surface area contributed by atoms with E-state index in [1.807, 2.05) is 32.0 Å². The lowest BCUT2D eigenvalue weighted by molar-refractivity contribution is -0.127. The summed E-state index contributed by atoms with van der Waals surface area (Å²) in [5.41, 5.74) is 0.907. The first-order valence-corrected chi connectivity index (χ1v) is 8.80. The van der Waals surface area contributed by atoms with Gasteiger partial charge in [-0.3, -0.25) is 4.79 Å². The zero-order chi connectivity index (χ0) is 19.1. The fraction of sp³-hybridized carbons (Fsp3) is 0.350. The summed E-state index contributed by atoms with van der Waals surface area (Å²) >= 11 is 5.84. The number of halogens is 1. The Morgan fingerprint density at radius 3 is 2.35 bits per heavy atom. The number of carbonyl (C=O) groups excluding carboxylic acids is 1. The van der Waals surface area contributed by atoms with Crippen LogP contribution in [0.4, 0.5) is 0 Å². The van der Waals surface area contributed by atoms with Crippen LogP contribution in [0.3, 0.4) is 0 Å². The number of ether oxygens (including phenoxy) is 3. The predicted molar refractivity (Wildman–Crippen MR) is 102 cm³/mol. The van der Waals surface area contributed by atoms with Gasteiger partial charge >= 0.3 is 0 Å². The van der Waals surface area contributed by atoms with E-state index in [1.165, 1.54) is 0 Å². The fourth-order valence-electron chi connectivity index (χ4n) is 2.28. The normalized spacial score (nSPS) is 11.8. The molecule has 2 aromatic carbocycles. The van der Waals surface area contributed by atoms with Crippen molar-refractivity contribution >= 4 is 17.5 Å². The van der Waals surface area contributed by atoms with Crippen LogP contribution in [0.25, 0.3) is 0 Å². The third-order valence-electron chi connectivity index (χ3n) is 3.55. The first-order valence-electron chi connectivity index (χ1n) is 8.42. The van der Waals surface area contributed by atoms with Crippen molar-refractivity contribution in [3.63, 3.8) is 0 Å². The van der Waals surface area contributed by atoms with Crippen molar-refractivity contribution in [2.24, 2.45) is 0 Å². The highest BCUT2D eigenvalue weighted by Crippen LogP contribution is 2.29. The summed E-state index contributed by atoms with van der Waals surface area (Å²) in [6, 6.07) is 12.5. The molecule has 0 fully saturated rings. The van der Waals surface area contributed by atoms with E-state index in [0.717, 1.165) is 5.56 Å². The SMILES string of the molecule is COc1cc(CNC(=O)C(C)Oc2ccc(Cl)cc2)ccc1OC(C)C. The minimum Gasteiger partial charge on any atom is -0.493 e. The summed E-state index contributed by atoms with van der Waals surface area (Å²) in [6.45, 7) is 5.97. The zero-order valence-corrected chi connectivity index (χ0v) is 16.2. The number of amides is 1. The first kappa shape index (κ1) is 19.9. The predicted octanol–water partition coefficient (Wildman–Crippen LogP) is 4.22. The van der Waals surface area contributed by atoms with Crippen molar-refractivity contribution in [2.45, 2.75) is 39.5 Å². The average molecular weight is 378 g/mol. The van der Waals surface area contributed by atoms with Crippen LogP contribution >= 0.6 is 11.6 Å². The average Bonchev–Trinajstić information content (AvgIpc) is 2.62. The second-order valence-corrected chi connectivity index (χ2v) is 6.52. The summed E-state index contributed by atoms with van der Waals surface area (Å²) in [5, 5.41) is 3.47. The summed E-state index contributed by atoms with van der Waals surface area (Å²) in [5.74, 6) is 1.70. The molecule has 1 amide bonds. The molecule has 0 aliphatic rings. The Labute approximate surface area is 159 Å². The first-order chi connectivity index (χ1) is 12.4. The zero-order valence-electron chi connectivity index (χ0n) is 15.4. The van der Waals surface area contributed by atoms with Crippen molar-refractivity contribution in [2.75, 3.05) is 7.11 Å². The molecule has 140 valence electrons. The van der Waals surface area contributed by atoms with Gasteiger partial charge in [-0.05, 0) is 62.7 Å². The van der Waals surface area contributed by atoms with Crippen LogP contribution < -0.4 is 19.5 Å². The lowest BCUT2D eigenvalue weighted by atomic mass is 10.2. The van der Waals surface area contributed by atoms with Gasteiger partial charge in [-0.1, -0.05) is 17.7 Å². The number of carbonyl (C=O) groups is 1. The van der Waals surface area contributed by atoms with E-state index < -0.39 is 6.10 Å². The van der Waals surface area contributed by atoms with Gasteiger partial charge in [-0.15, -0.1) is 0 Å². The molecule has 0 aliphatic heterocycles. The Balaban J connectivity index is 1.92. The number of hydrogen-bond donors (Lipinski definition) is 1. The van der Waals surface area contributed by atoms with E-state index >= 15 is 0 Å². The van der Waals surface area contributed by atoms with Gasteiger partial charge in [-0.2, -0.15) is 0 Å². The van der Waals surface area contributed by atoms with Gasteiger partial charge in [0.05, 0.1) is 13.2 Å². The lowest BCUT2D eigenvalue weighted by Crippen LogP contribution is -2.35. The van der Waals surface area contributed by atoms with Crippen LogP contribution in [0, 0.1) is 0 Å². The molecule has 0 spiro atoms. The second kappa shape index (κ2) is 9.34. The summed E-state index contributed by atoms with van der Waals surface area (Å²) < 4.78 is 16.7. The molecule has 2 aromatic rings. The maximum absolute atomic E-state index is 12.2. The largest absolute Gasteiger partial charge is 0.493 e. The number of rotatable bonds is 8. The van der Waals surface area contributed by atoms with Crippen LogP contribution in [0.5, 0.6) is 17.2 Å². The topological polar surface area (TPSA) is 56.8 Å². The van der Waals surface area contributed by atoms with E-state index in [2.05, 4.69) is 5.32 Å². The number of nitrogens with one attached hydrogen (secondary N) is 1. The summed E-state index contributed by atoms with van der Waals surface area (Å²) in [4.78, 5) is 12.2. The van der Waals surface area contributed by atoms with Crippen molar-refractivity contribution in [1.29, 1.82) is 0 Å². The smallest absolute Gasteiger partial charge is 0.261 e. The minimum absolute atomic E-state index is 0.0559. The highest BCUT2D eigenvalue weighted by atomic mass is 35.5. The Morgan fingerprint density at radius 2 is 1.73 bits per heavy atom. The molecule has 0 bridgehead atoms. The molecular formula is C20H24ClNO4. The molecule has 0 aromatic heterocycles. The second-order valence-electron chi connectivity index (χ2n) is 6.08. The third-order valence-corrected chi connectivity index (χ3v) is 3.81. The monoisotopic (exact) mass is 377 g/mol. The highest BCUT2D eigenvalue weighted by molar-refractivity contribution is 6.30. The van der Waals surface area contributed by atoms with E-state index in [9.17, 15) is 4.79 Å². The molecule has 5 nitrogen and oxygen atoms in total. The Hall–Kier alpha value is -2.40. The number of methoxy groups -OCH3 is 1. The molecule has 6 heteroatoms. The van der Waals surface area contributed by atoms with Crippen molar-refractivity contribution < 1.29 is 19.0 Å². The molecule has 26 heavy (non-hydrogen) atoms. The lowest BCUT2D eigenvalue weighted by Gasteiger charge is -2.16. The van der Waals surface area contributed by atoms with Gasteiger partial charge in [0.25, 0.3) is 5.91 Å². The van der Waals surface area contributed by atoms with Crippen molar-refractivity contribution in [3.05, 3.63) is 53.1 Å². The molecule has 0 radical (unpaired) electrons. The third kappa shape index (κ3) is 5.85. The molecule has 0 saturated carbocycles. The minimum atomic E-state index is -0.624. The number of benzene rings is 2. The Morgan fingerprint density at radius 1 is 1.04 bits per heavy atom. The highest BCUT2D eigenvalue weighted by Gasteiger charge is 2.15. The summed E-state index contributed by atoms with van der Waals surface area (Å²) in [6.07, 6.45) is -0.568. The fourth-order valence-corrected chi connectivity index (χ4v) is 2.40. The standard InChI is InChI=1S/C20H24ClNO4/c1-13(2)25-18-10-5-15(11-19(18)24-4)12-22-20(23)14(3)26-17-8-6-16(21)7-9-17/h5-11,13-14H,12H2,1-4H3,(H,22,23). The van der Waals surface area contributed by atoms with Gasteiger partial charge in [0, 0.05) is 11.6 Å².